The van der Waals surface area contributed by atoms with E-state index in [1.807, 2.05) is 66.3 Å². The maximum atomic E-state index is 12.8. The number of methoxy groups -OCH3 is 1. The fraction of sp³-hybridized carbons (Fsp3) is 0.318. The fourth-order valence-electron chi connectivity index (χ4n) is 3.58. The Labute approximate surface area is 170 Å². The van der Waals surface area contributed by atoms with Gasteiger partial charge in [0.25, 0.3) is 0 Å². The highest BCUT2D eigenvalue weighted by Gasteiger charge is 2.52. The van der Waals surface area contributed by atoms with Crippen LogP contribution in [0.5, 0.6) is 5.75 Å². The molecule has 1 amide bonds. The zero-order chi connectivity index (χ0) is 20.3. The van der Waals surface area contributed by atoms with Crippen LogP contribution in [0.1, 0.15) is 24.2 Å². The number of hydrogen-bond donors (Lipinski definition) is 2. The van der Waals surface area contributed by atoms with E-state index < -0.39 is 5.41 Å². The van der Waals surface area contributed by atoms with Crippen LogP contribution >= 0.6 is 0 Å². The van der Waals surface area contributed by atoms with Crippen LogP contribution in [0.2, 0.25) is 0 Å². The number of aryl methyl sites for hydroxylation is 1. The largest absolute Gasteiger partial charge is 0.496 e. The molecule has 0 aliphatic heterocycles. The van der Waals surface area contributed by atoms with Gasteiger partial charge in [-0.3, -0.25) is 4.79 Å². The van der Waals surface area contributed by atoms with Crippen molar-refractivity contribution in [2.45, 2.75) is 25.2 Å². The maximum absolute atomic E-state index is 12.8. The Kier molecular flexibility index (Phi) is 5.20. The topological polar surface area (TPSA) is 81.1 Å². The number of carbonyl (C=O) groups excluding carboxylic acids is 1. The molecule has 0 atom stereocenters. The molecule has 0 unspecified atom stereocenters. The van der Waals surface area contributed by atoms with E-state index in [0.29, 0.717) is 18.9 Å². The molecule has 1 saturated carbocycles. The number of para-hydroxylation sites is 1. The predicted molar refractivity (Wildman–Crippen MR) is 112 cm³/mol. The van der Waals surface area contributed by atoms with Crippen molar-refractivity contribution in [1.82, 2.24) is 19.9 Å². The van der Waals surface area contributed by atoms with Crippen molar-refractivity contribution in [3.63, 3.8) is 0 Å². The monoisotopic (exact) mass is 391 g/mol. The Balaban J connectivity index is 1.35. The lowest BCUT2D eigenvalue weighted by atomic mass is 9.94. The molecule has 1 fully saturated rings. The minimum atomic E-state index is -0.459. The number of nitrogens with one attached hydrogen (secondary N) is 2. The zero-order valence-electron chi connectivity index (χ0n) is 16.7. The molecule has 0 radical (unpaired) electrons. The Morgan fingerprint density at radius 2 is 1.90 bits per heavy atom. The molecule has 3 aromatic rings. The summed E-state index contributed by atoms with van der Waals surface area (Å²) >= 11 is 0. The lowest BCUT2D eigenvalue weighted by Gasteiger charge is -2.18. The Morgan fingerprint density at radius 1 is 1.14 bits per heavy atom. The van der Waals surface area contributed by atoms with E-state index in [1.54, 1.807) is 7.11 Å². The quantitative estimate of drug-likeness (QED) is 0.577. The molecule has 150 valence electrons. The summed E-state index contributed by atoms with van der Waals surface area (Å²) in [5.74, 6) is 3.06. The van der Waals surface area contributed by atoms with Gasteiger partial charge in [0.2, 0.25) is 5.91 Å². The third kappa shape index (κ3) is 3.94. The summed E-state index contributed by atoms with van der Waals surface area (Å²) in [5, 5.41) is 6.33. The first-order valence-electron chi connectivity index (χ1n) is 9.77. The Morgan fingerprint density at radius 3 is 2.62 bits per heavy atom. The van der Waals surface area contributed by atoms with Gasteiger partial charge in [0.1, 0.15) is 23.2 Å². The summed E-state index contributed by atoms with van der Waals surface area (Å²) in [5.41, 5.74) is 0.510. The lowest BCUT2D eigenvalue weighted by molar-refractivity contribution is -0.123. The number of rotatable bonds is 8. The van der Waals surface area contributed by atoms with Gasteiger partial charge in [-0.05, 0) is 38.0 Å². The number of hydrogen-bond acceptors (Lipinski definition) is 5. The van der Waals surface area contributed by atoms with Crippen molar-refractivity contribution in [1.29, 1.82) is 0 Å². The predicted octanol–water partition coefficient (Wildman–Crippen LogP) is 2.84. The first-order chi connectivity index (χ1) is 14.1. The number of carbonyl (C=O) groups is 1. The highest BCUT2D eigenvalue weighted by atomic mass is 16.5. The molecular weight excluding hydrogens is 366 g/mol. The zero-order valence-corrected chi connectivity index (χ0v) is 16.7. The fourth-order valence-corrected chi connectivity index (χ4v) is 3.58. The molecule has 0 bridgehead atoms. The molecule has 7 heteroatoms. The van der Waals surface area contributed by atoms with Gasteiger partial charge in [0.15, 0.2) is 0 Å². The molecule has 2 N–H and O–H groups in total. The highest BCUT2D eigenvalue weighted by molar-refractivity contribution is 5.92. The van der Waals surface area contributed by atoms with E-state index in [9.17, 15) is 4.79 Å². The van der Waals surface area contributed by atoms with Gasteiger partial charge in [0, 0.05) is 37.1 Å². The smallest absolute Gasteiger partial charge is 0.230 e. The van der Waals surface area contributed by atoms with Gasteiger partial charge in [-0.25, -0.2) is 9.97 Å². The van der Waals surface area contributed by atoms with Crippen molar-refractivity contribution in [3.05, 3.63) is 66.2 Å². The molecule has 7 nitrogen and oxygen atoms in total. The molecule has 1 aliphatic carbocycles. The summed E-state index contributed by atoms with van der Waals surface area (Å²) < 4.78 is 7.39. The molecule has 0 spiro atoms. The van der Waals surface area contributed by atoms with Gasteiger partial charge in [-0.15, -0.1) is 0 Å². The second kappa shape index (κ2) is 7.95. The van der Waals surface area contributed by atoms with Gasteiger partial charge in [-0.2, -0.15) is 0 Å². The number of anilines is 1. The van der Waals surface area contributed by atoms with Crippen LogP contribution in [0, 0.1) is 6.92 Å². The molecule has 2 heterocycles. The molecule has 1 aliphatic rings. The van der Waals surface area contributed by atoms with Crippen LogP contribution in [0.4, 0.5) is 5.82 Å². The van der Waals surface area contributed by atoms with Crippen LogP contribution in [0.25, 0.3) is 5.82 Å². The summed E-state index contributed by atoms with van der Waals surface area (Å²) in [6.45, 7) is 2.96. The normalized spacial score (nSPS) is 14.3. The van der Waals surface area contributed by atoms with Crippen molar-refractivity contribution in [3.8, 4) is 11.6 Å². The standard InChI is InChI=1S/C22H25N5O2/c1-16-25-19(15-20(26-16)27-13-5-6-14-27)23-11-12-24-21(28)22(9-10-22)17-7-3-4-8-18(17)29-2/h3-8,13-15H,9-12H2,1-2H3,(H,24,28)(H,23,25,26). The van der Waals surface area contributed by atoms with Gasteiger partial charge < -0.3 is 19.9 Å². The van der Waals surface area contributed by atoms with Crippen LogP contribution in [0.3, 0.4) is 0 Å². The van der Waals surface area contributed by atoms with E-state index in [2.05, 4.69) is 20.6 Å². The number of amides is 1. The average molecular weight is 391 g/mol. The van der Waals surface area contributed by atoms with Gasteiger partial charge in [0.05, 0.1) is 12.5 Å². The molecule has 0 saturated heterocycles. The van der Waals surface area contributed by atoms with Gasteiger partial charge in [-0.1, -0.05) is 18.2 Å². The van der Waals surface area contributed by atoms with Crippen LogP contribution in [0.15, 0.2) is 54.9 Å². The summed E-state index contributed by atoms with van der Waals surface area (Å²) in [7, 11) is 1.64. The highest BCUT2D eigenvalue weighted by Crippen LogP contribution is 2.51. The Bertz CT molecular complexity index is 996. The van der Waals surface area contributed by atoms with Crippen molar-refractivity contribution < 1.29 is 9.53 Å². The third-order valence-electron chi connectivity index (χ3n) is 5.22. The minimum absolute atomic E-state index is 0.0516. The third-order valence-corrected chi connectivity index (χ3v) is 5.22. The summed E-state index contributed by atoms with van der Waals surface area (Å²) in [4.78, 5) is 21.7. The van der Waals surface area contributed by atoms with Crippen LogP contribution in [-0.2, 0) is 10.2 Å². The molecule has 2 aromatic heterocycles. The lowest BCUT2D eigenvalue weighted by Crippen LogP contribution is -2.37. The van der Waals surface area contributed by atoms with E-state index in [0.717, 1.165) is 35.8 Å². The van der Waals surface area contributed by atoms with Crippen LogP contribution < -0.4 is 15.4 Å². The van der Waals surface area contributed by atoms with Crippen molar-refractivity contribution in [2.75, 3.05) is 25.5 Å². The van der Waals surface area contributed by atoms with E-state index in [4.69, 9.17) is 4.74 Å². The minimum Gasteiger partial charge on any atom is -0.496 e. The second-order valence-electron chi connectivity index (χ2n) is 7.21. The summed E-state index contributed by atoms with van der Waals surface area (Å²) in [6, 6.07) is 13.6. The van der Waals surface area contributed by atoms with Crippen molar-refractivity contribution in [2.24, 2.45) is 0 Å². The maximum Gasteiger partial charge on any atom is 0.230 e. The molecule has 29 heavy (non-hydrogen) atoms. The summed E-state index contributed by atoms with van der Waals surface area (Å²) in [6.07, 6.45) is 5.58. The number of ether oxygens (including phenoxy) is 1. The number of aromatic nitrogens is 3. The van der Waals surface area contributed by atoms with E-state index in [-0.39, 0.29) is 5.91 Å². The van der Waals surface area contributed by atoms with Crippen LogP contribution in [-0.4, -0.2) is 40.6 Å². The molecular formula is C22H25N5O2. The molecule has 4 rings (SSSR count). The van der Waals surface area contributed by atoms with Crippen molar-refractivity contribution >= 4 is 11.7 Å². The van der Waals surface area contributed by atoms with E-state index in [1.165, 1.54) is 0 Å². The first kappa shape index (κ1) is 19.0. The average Bonchev–Trinajstić information content (AvgIpc) is 3.36. The first-order valence-corrected chi connectivity index (χ1v) is 9.77. The molecule has 1 aromatic carbocycles. The SMILES string of the molecule is COc1ccccc1C1(C(=O)NCCNc2cc(-n3cccc3)nc(C)n2)CC1. The second-order valence-corrected chi connectivity index (χ2v) is 7.21. The Hall–Kier alpha value is -3.35. The van der Waals surface area contributed by atoms with Gasteiger partial charge >= 0.3 is 0 Å². The number of benzene rings is 1. The van der Waals surface area contributed by atoms with E-state index >= 15 is 0 Å². The number of nitrogens with zero attached hydrogens (tertiary/aromatic N) is 3.